The van der Waals surface area contributed by atoms with Gasteiger partial charge < -0.3 is 5.32 Å². The van der Waals surface area contributed by atoms with Crippen LogP contribution in [0.5, 0.6) is 0 Å². The molecule has 1 spiro atoms. The smallest absolute Gasteiger partial charge is 0.279 e. The van der Waals surface area contributed by atoms with Crippen molar-refractivity contribution in [2.45, 2.75) is 19.3 Å². The number of nitrogens with one attached hydrogen (secondary N) is 1. The van der Waals surface area contributed by atoms with Crippen LogP contribution in [0.25, 0.3) is 0 Å². The lowest BCUT2D eigenvalue weighted by molar-refractivity contribution is -0.135. The number of imide groups is 1. The van der Waals surface area contributed by atoms with Gasteiger partial charge in [-0.25, -0.2) is 4.98 Å². The number of carbonyl (C=O) groups excluding carboxylic acids is 2. The molecule has 0 saturated carbocycles. The largest absolute Gasteiger partial charge is 0.317 e. The topological polar surface area (TPSA) is 62.3 Å². The third-order valence-corrected chi connectivity index (χ3v) is 4.56. The van der Waals surface area contributed by atoms with E-state index in [9.17, 15) is 9.59 Å². The second kappa shape index (κ2) is 4.44. The summed E-state index contributed by atoms with van der Waals surface area (Å²) in [6.45, 7) is 2.27. The van der Waals surface area contributed by atoms with Crippen molar-refractivity contribution < 1.29 is 9.59 Å². The summed E-state index contributed by atoms with van der Waals surface area (Å²) >= 11 is 1.38. The fraction of sp³-hybridized carbons (Fsp3) is 0.583. The summed E-state index contributed by atoms with van der Waals surface area (Å²) in [6, 6.07) is 0. The van der Waals surface area contributed by atoms with E-state index in [4.69, 9.17) is 0 Å². The standard InChI is InChI=1S/C12H15N3O2S/c16-10(9-7-18-8-14-9)15-6-3-12(11(15)17)1-4-13-5-2-12/h7-8,13H,1-6H2. The highest BCUT2D eigenvalue weighted by atomic mass is 32.1. The number of rotatable bonds is 1. The molecule has 2 aliphatic heterocycles. The van der Waals surface area contributed by atoms with E-state index in [0.717, 1.165) is 32.4 Å². The molecule has 2 saturated heterocycles. The average molecular weight is 265 g/mol. The molecule has 2 fully saturated rings. The normalized spacial score (nSPS) is 22.7. The molecule has 96 valence electrons. The molecule has 1 N–H and O–H groups in total. The lowest BCUT2D eigenvalue weighted by Gasteiger charge is -2.31. The second-order valence-corrected chi connectivity index (χ2v) is 5.63. The molecule has 18 heavy (non-hydrogen) atoms. The molecular weight excluding hydrogens is 250 g/mol. The predicted octanol–water partition coefficient (Wildman–Crippen LogP) is 0.885. The van der Waals surface area contributed by atoms with Crippen LogP contribution in [0.2, 0.25) is 0 Å². The second-order valence-electron chi connectivity index (χ2n) is 4.92. The first-order valence-electron chi connectivity index (χ1n) is 6.18. The first-order valence-corrected chi connectivity index (χ1v) is 7.12. The van der Waals surface area contributed by atoms with Crippen LogP contribution in [-0.4, -0.2) is 41.3 Å². The van der Waals surface area contributed by atoms with E-state index < -0.39 is 0 Å². The van der Waals surface area contributed by atoms with Crippen LogP contribution in [0.15, 0.2) is 10.9 Å². The Labute approximate surface area is 109 Å². The van der Waals surface area contributed by atoms with Crippen LogP contribution in [0, 0.1) is 5.41 Å². The average Bonchev–Trinajstić information content (AvgIpc) is 3.01. The molecule has 0 aromatic carbocycles. The highest BCUT2D eigenvalue weighted by Gasteiger charge is 2.49. The highest BCUT2D eigenvalue weighted by molar-refractivity contribution is 7.07. The molecule has 3 heterocycles. The SMILES string of the molecule is O=C(c1cscn1)N1CCC2(CCNCC2)C1=O. The van der Waals surface area contributed by atoms with Gasteiger partial charge in [-0.05, 0) is 32.4 Å². The molecule has 5 nitrogen and oxygen atoms in total. The van der Waals surface area contributed by atoms with Crippen molar-refractivity contribution in [2.24, 2.45) is 5.41 Å². The van der Waals surface area contributed by atoms with Crippen LogP contribution in [0.1, 0.15) is 29.8 Å². The number of aromatic nitrogens is 1. The number of likely N-dealkylation sites (tertiary alicyclic amines) is 1. The molecule has 0 unspecified atom stereocenters. The fourth-order valence-electron chi connectivity index (χ4n) is 2.84. The minimum absolute atomic E-state index is 0.00185. The zero-order chi connectivity index (χ0) is 12.6. The first-order chi connectivity index (χ1) is 8.73. The minimum Gasteiger partial charge on any atom is -0.317 e. The Hall–Kier alpha value is -1.27. The van der Waals surface area contributed by atoms with Gasteiger partial charge in [-0.2, -0.15) is 0 Å². The van der Waals surface area contributed by atoms with Crippen LogP contribution in [0.3, 0.4) is 0 Å². The maximum absolute atomic E-state index is 12.5. The van der Waals surface area contributed by atoms with Crippen molar-refractivity contribution in [2.75, 3.05) is 19.6 Å². The monoisotopic (exact) mass is 265 g/mol. The van der Waals surface area contributed by atoms with Gasteiger partial charge in [0.2, 0.25) is 5.91 Å². The summed E-state index contributed by atoms with van der Waals surface area (Å²) in [5.41, 5.74) is 1.71. The van der Waals surface area contributed by atoms with Crippen LogP contribution >= 0.6 is 11.3 Å². The molecule has 2 aliphatic rings. The molecular formula is C12H15N3O2S. The molecule has 0 radical (unpaired) electrons. The minimum atomic E-state index is -0.295. The van der Waals surface area contributed by atoms with Crippen LogP contribution in [0.4, 0.5) is 0 Å². The summed E-state index contributed by atoms with van der Waals surface area (Å²) < 4.78 is 0. The number of thiazole rings is 1. The Kier molecular flexibility index (Phi) is 2.91. The lowest BCUT2D eigenvalue weighted by atomic mass is 9.78. The quantitative estimate of drug-likeness (QED) is 0.766. The van der Waals surface area contributed by atoms with Gasteiger partial charge in [-0.15, -0.1) is 11.3 Å². The van der Waals surface area contributed by atoms with Crippen molar-refractivity contribution in [3.63, 3.8) is 0 Å². The van der Waals surface area contributed by atoms with Crippen molar-refractivity contribution in [1.29, 1.82) is 0 Å². The Morgan fingerprint density at radius 1 is 1.39 bits per heavy atom. The van der Waals surface area contributed by atoms with Gasteiger partial charge in [0.25, 0.3) is 5.91 Å². The van der Waals surface area contributed by atoms with Crippen LogP contribution < -0.4 is 5.32 Å². The van der Waals surface area contributed by atoms with Gasteiger partial charge in [-0.3, -0.25) is 14.5 Å². The van der Waals surface area contributed by atoms with Gasteiger partial charge in [0, 0.05) is 11.9 Å². The Bertz CT molecular complexity index is 466. The number of nitrogens with zero attached hydrogens (tertiary/aromatic N) is 2. The van der Waals surface area contributed by atoms with E-state index in [0.29, 0.717) is 12.2 Å². The summed E-state index contributed by atoms with van der Waals surface area (Å²) in [6.07, 6.45) is 2.47. The summed E-state index contributed by atoms with van der Waals surface area (Å²) in [4.78, 5) is 30.0. The van der Waals surface area contributed by atoms with E-state index >= 15 is 0 Å². The number of hydrogen-bond acceptors (Lipinski definition) is 5. The molecule has 0 atom stereocenters. The predicted molar refractivity (Wildman–Crippen MR) is 67.3 cm³/mol. The Morgan fingerprint density at radius 2 is 2.17 bits per heavy atom. The van der Waals surface area contributed by atoms with E-state index in [1.807, 2.05) is 0 Å². The summed E-state index contributed by atoms with van der Waals surface area (Å²) in [5, 5.41) is 4.96. The zero-order valence-corrected chi connectivity index (χ0v) is 10.8. The van der Waals surface area contributed by atoms with Gasteiger partial charge in [-0.1, -0.05) is 0 Å². The number of carbonyl (C=O) groups is 2. The molecule has 0 bridgehead atoms. The van der Waals surface area contributed by atoms with Crippen molar-refractivity contribution in [1.82, 2.24) is 15.2 Å². The Balaban J connectivity index is 1.80. The lowest BCUT2D eigenvalue weighted by Crippen LogP contribution is -2.44. The third-order valence-electron chi connectivity index (χ3n) is 3.97. The summed E-state index contributed by atoms with van der Waals surface area (Å²) in [5.74, 6) is -0.237. The van der Waals surface area contributed by atoms with Crippen molar-refractivity contribution in [3.8, 4) is 0 Å². The van der Waals surface area contributed by atoms with Crippen LogP contribution in [-0.2, 0) is 4.79 Å². The molecule has 3 rings (SSSR count). The number of hydrogen-bond donors (Lipinski definition) is 1. The first kappa shape index (κ1) is 11.8. The van der Waals surface area contributed by atoms with E-state index in [1.165, 1.54) is 16.2 Å². The van der Waals surface area contributed by atoms with E-state index in [2.05, 4.69) is 10.3 Å². The van der Waals surface area contributed by atoms with Crippen molar-refractivity contribution >= 4 is 23.2 Å². The molecule has 0 aliphatic carbocycles. The molecule has 6 heteroatoms. The van der Waals surface area contributed by atoms with Gasteiger partial charge in [0.1, 0.15) is 5.69 Å². The zero-order valence-electron chi connectivity index (χ0n) is 10.0. The summed E-state index contributed by atoms with van der Waals surface area (Å²) in [7, 11) is 0. The number of piperidine rings is 1. The van der Waals surface area contributed by atoms with Crippen molar-refractivity contribution in [3.05, 3.63) is 16.6 Å². The number of amides is 2. The van der Waals surface area contributed by atoms with Gasteiger partial charge in [0.05, 0.1) is 10.9 Å². The van der Waals surface area contributed by atoms with Gasteiger partial charge in [0.15, 0.2) is 0 Å². The fourth-order valence-corrected chi connectivity index (χ4v) is 3.37. The highest BCUT2D eigenvalue weighted by Crippen LogP contribution is 2.40. The maximum Gasteiger partial charge on any atom is 0.279 e. The Morgan fingerprint density at radius 3 is 2.83 bits per heavy atom. The third kappa shape index (κ3) is 1.76. The maximum atomic E-state index is 12.5. The molecule has 1 aromatic heterocycles. The molecule has 1 aromatic rings. The molecule has 2 amide bonds. The van der Waals surface area contributed by atoms with E-state index in [1.54, 1.807) is 10.9 Å². The van der Waals surface area contributed by atoms with Gasteiger partial charge >= 0.3 is 0 Å². The van der Waals surface area contributed by atoms with E-state index in [-0.39, 0.29) is 17.2 Å².